The van der Waals surface area contributed by atoms with Crippen LogP contribution in [0.3, 0.4) is 0 Å². The Hall–Kier alpha value is -1.10. The van der Waals surface area contributed by atoms with Crippen molar-refractivity contribution in [2.45, 2.75) is 6.92 Å². The minimum absolute atomic E-state index is 0.117. The van der Waals surface area contributed by atoms with Crippen LogP contribution >= 0.6 is 15.9 Å². The molecule has 1 aromatic rings. The molecule has 1 rings (SSSR count). The molecule has 0 aliphatic rings. The number of pyridine rings is 1. The fourth-order valence-electron chi connectivity index (χ4n) is 0.809. The molecule has 5 heteroatoms. The van der Waals surface area contributed by atoms with E-state index in [1.165, 1.54) is 0 Å². The Morgan fingerprint density at radius 1 is 1.69 bits per heavy atom. The summed E-state index contributed by atoms with van der Waals surface area (Å²) in [6.07, 6.45) is 0. The lowest BCUT2D eigenvalue weighted by atomic mass is 10.4. The molecule has 1 aromatic heterocycles. The first-order valence-electron chi connectivity index (χ1n) is 3.68. The van der Waals surface area contributed by atoms with Gasteiger partial charge in [-0.2, -0.15) is 0 Å². The van der Waals surface area contributed by atoms with Crippen LogP contribution < -0.4 is 5.32 Å². The minimum atomic E-state index is -0.901. The lowest BCUT2D eigenvalue weighted by molar-refractivity contribution is -0.134. The molecule has 0 bridgehead atoms. The second-order valence-corrected chi connectivity index (χ2v) is 3.37. The van der Waals surface area contributed by atoms with E-state index in [-0.39, 0.29) is 6.54 Å². The fraction of sp³-hybridized carbons (Fsp3) is 0.250. The summed E-state index contributed by atoms with van der Waals surface area (Å²) in [6.45, 7) is 1.73. The molecule has 0 aromatic carbocycles. The molecule has 4 nitrogen and oxygen atoms in total. The van der Waals surface area contributed by atoms with Gasteiger partial charge < -0.3 is 10.4 Å². The average Bonchev–Trinajstić information content (AvgIpc) is 2.07. The van der Waals surface area contributed by atoms with E-state index in [1.54, 1.807) is 6.07 Å². The molecule has 0 saturated heterocycles. The third-order valence-electron chi connectivity index (χ3n) is 1.44. The molecule has 0 fully saturated rings. The van der Waals surface area contributed by atoms with Gasteiger partial charge in [0.2, 0.25) is 0 Å². The fourth-order valence-corrected chi connectivity index (χ4v) is 1.03. The van der Waals surface area contributed by atoms with Gasteiger partial charge in [0.15, 0.2) is 0 Å². The minimum Gasteiger partial charge on any atom is -0.480 e. The van der Waals surface area contributed by atoms with E-state index in [2.05, 4.69) is 26.2 Å². The van der Waals surface area contributed by atoms with Crippen LogP contribution in [-0.2, 0) is 4.79 Å². The van der Waals surface area contributed by atoms with Crippen molar-refractivity contribution in [2.75, 3.05) is 11.9 Å². The van der Waals surface area contributed by atoms with Crippen molar-refractivity contribution in [3.05, 3.63) is 22.3 Å². The molecule has 70 valence electrons. The van der Waals surface area contributed by atoms with E-state index in [0.717, 1.165) is 10.2 Å². The highest BCUT2D eigenvalue weighted by atomic mass is 79.9. The van der Waals surface area contributed by atoms with Crippen molar-refractivity contribution in [2.24, 2.45) is 0 Å². The van der Waals surface area contributed by atoms with E-state index in [4.69, 9.17) is 5.11 Å². The van der Waals surface area contributed by atoms with E-state index >= 15 is 0 Å². The first-order chi connectivity index (χ1) is 6.09. The van der Waals surface area contributed by atoms with Gasteiger partial charge in [0.1, 0.15) is 12.4 Å². The SMILES string of the molecule is Cc1nc(NCC(=O)O)ccc1Br. The van der Waals surface area contributed by atoms with Gasteiger partial charge in [-0.3, -0.25) is 4.79 Å². The number of carboxylic acids is 1. The number of aliphatic carboxylic acids is 1. The summed E-state index contributed by atoms with van der Waals surface area (Å²) in [4.78, 5) is 14.3. The zero-order valence-corrected chi connectivity index (χ0v) is 8.63. The molecule has 1 heterocycles. The summed E-state index contributed by atoms with van der Waals surface area (Å²) in [5, 5.41) is 11.1. The van der Waals surface area contributed by atoms with Gasteiger partial charge >= 0.3 is 5.97 Å². The summed E-state index contributed by atoms with van der Waals surface area (Å²) < 4.78 is 0.911. The summed E-state index contributed by atoms with van der Waals surface area (Å²) in [5.74, 6) is -0.328. The maximum absolute atomic E-state index is 10.2. The van der Waals surface area contributed by atoms with Crippen molar-refractivity contribution in [1.82, 2.24) is 4.98 Å². The first-order valence-corrected chi connectivity index (χ1v) is 4.47. The van der Waals surface area contributed by atoms with Crippen LogP contribution in [0.25, 0.3) is 0 Å². The number of carbonyl (C=O) groups is 1. The number of nitrogens with one attached hydrogen (secondary N) is 1. The van der Waals surface area contributed by atoms with Gasteiger partial charge in [-0.05, 0) is 35.0 Å². The molecule has 2 N–H and O–H groups in total. The normalized spacial score (nSPS) is 9.69. The van der Waals surface area contributed by atoms with E-state index in [0.29, 0.717) is 5.82 Å². The summed E-state index contributed by atoms with van der Waals surface area (Å²) >= 11 is 3.30. The summed E-state index contributed by atoms with van der Waals surface area (Å²) in [6, 6.07) is 3.55. The number of aryl methyl sites for hydroxylation is 1. The van der Waals surface area contributed by atoms with Crippen LogP contribution in [0.1, 0.15) is 5.69 Å². The van der Waals surface area contributed by atoms with Crippen LogP contribution in [0, 0.1) is 6.92 Å². The quantitative estimate of drug-likeness (QED) is 0.849. The van der Waals surface area contributed by atoms with Gasteiger partial charge in [-0.1, -0.05) is 0 Å². The lowest BCUT2D eigenvalue weighted by Crippen LogP contribution is -2.13. The van der Waals surface area contributed by atoms with E-state index < -0.39 is 5.97 Å². The van der Waals surface area contributed by atoms with Gasteiger partial charge in [-0.15, -0.1) is 0 Å². The topological polar surface area (TPSA) is 62.2 Å². The highest BCUT2D eigenvalue weighted by molar-refractivity contribution is 9.10. The number of hydrogen-bond acceptors (Lipinski definition) is 3. The predicted octanol–water partition coefficient (Wildman–Crippen LogP) is 1.65. The number of rotatable bonds is 3. The number of nitrogens with zero attached hydrogens (tertiary/aromatic N) is 1. The summed E-state index contributed by atoms with van der Waals surface area (Å²) in [5.41, 5.74) is 0.829. The molecule has 0 spiro atoms. The van der Waals surface area contributed by atoms with Crippen molar-refractivity contribution < 1.29 is 9.90 Å². The Kier molecular flexibility index (Phi) is 3.25. The average molecular weight is 245 g/mol. The van der Waals surface area contributed by atoms with E-state index in [1.807, 2.05) is 13.0 Å². The van der Waals surface area contributed by atoms with Crippen LogP contribution in [0.5, 0.6) is 0 Å². The number of anilines is 1. The third kappa shape index (κ3) is 3.02. The highest BCUT2D eigenvalue weighted by Crippen LogP contribution is 2.15. The monoisotopic (exact) mass is 244 g/mol. The number of aromatic nitrogens is 1. The van der Waals surface area contributed by atoms with Crippen LogP contribution in [0.2, 0.25) is 0 Å². The number of hydrogen-bond donors (Lipinski definition) is 2. The Morgan fingerprint density at radius 3 is 2.92 bits per heavy atom. The molecule has 0 radical (unpaired) electrons. The third-order valence-corrected chi connectivity index (χ3v) is 2.28. The highest BCUT2D eigenvalue weighted by Gasteiger charge is 2.00. The van der Waals surface area contributed by atoms with Crippen LogP contribution in [0.4, 0.5) is 5.82 Å². The molecule has 0 saturated carbocycles. The van der Waals surface area contributed by atoms with Crippen molar-refractivity contribution in [3.8, 4) is 0 Å². The lowest BCUT2D eigenvalue weighted by Gasteiger charge is -2.03. The summed E-state index contributed by atoms with van der Waals surface area (Å²) in [7, 11) is 0. The second-order valence-electron chi connectivity index (χ2n) is 2.51. The number of carboxylic acid groups (broad SMARTS) is 1. The second kappa shape index (κ2) is 4.23. The maximum atomic E-state index is 10.2. The molecule has 13 heavy (non-hydrogen) atoms. The zero-order chi connectivity index (χ0) is 9.84. The van der Waals surface area contributed by atoms with Gasteiger partial charge in [0.25, 0.3) is 0 Å². The van der Waals surface area contributed by atoms with Crippen molar-refractivity contribution in [3.63, 3.8) is 0 Å². The standard InChI is InChI=1S/C8H9BrN2O2/c1-5-6(9)2-3-7(11-5)10-4-8(12)13/h2-3H,4H2,1H3,(H,10,11)(H,12,13). The molecular formula is C8H9BrN2O2. The Balaban J connectivity index is 2.68. The Morgan fingerprint density at radius 2 is 2.38 bits per heavy atom. The van der Waals surface area contributed by atoms with Crippen LogP contribution in [0.15, 0.2) is 16.6 Å². The zero-order valence-electron chi connectivity index (χ0n) is 7.04. The largest absolute Gasteiger partial charge is 0.480 e. The Bertz CT molecular complexity index is 328. The molecule has 0 aliphatic heterocycles. The molecular weight excluding hydrogens is 236 g/mol. The van der Waals surface area contributed by atoms with Gasteiger partial charge in [0, 0.05) is 4.47 Å². The van der Waals surface area contributed by atoms with Gasteiger partial charge in [-0.25, -0.2) is 4.98 Å². The van der Waals surface area contributed by atoms with E-state index in [9.17, 15) is 4.79 Å². The smallest absolute Gasteiger partial charge is 0.322 e. The maximum Gasteiger partial charge on any atom is 0.322 e. The number of halogens is 1. The first kappa shape index (κ1) is 9.98. The molecule has 0 aliphatic carbocycles. The van der Waals surface area contributed by atoms with Gasteiger partial charge in [0.05, 0.1) is 5.69 Å². The van der Waals surface area contributed by atoms with Crippen molar-refractivity contribution >= 4 is 27.7 Å². The molecule has 0 atom stereocenters. The van der Waals surface area contributed by atoms with Crippen LogP contribution in [-0.4, -0.2) is 22.6 Å². The van der Waals surface area contributed by atoms with Crippen molar-refractivity contribution in [1.29, 1.82) is 0 Å². The Labute approximate surface area is 84.1 Å². The molecule has 0 unspecified atom stereocenters. The predicted molar refractivity (Wildman–Crippen MR) is 52.8 cm³/mol. The molecule has 0 amide bonds.